The Hall–Kier alpha value is -2.48. The Morgan fingerprint density at radius 1 is 0.906 bits per heavy atom. The molecule has 0 aromatic heterocycles. The average Bonchev–Trinajstić information content (AvgIpc) is 3.11. The number of nitrogens with zero attached hydrogens (tertiary/aromatic N) is 2. The first-order valence-electron chi connectivity index (χ1n) is 11.6. The summed E-state index contributed by atoms with van der Waals surface area (Å²) in [5.74, 6) is 2.04. The zero-order valence-electron chi connectivity index (χ0n) is 19.7. The number of likely N-dealkylation sites (tertiary alicyclic amines) is 2. The van der Waals surface area contributed by atoms with Crippen molar-refractivity contribution in [1.82, 2.24) is 15.1 Å². The fourth-order valence-corrected chi connectivity index (χ4v) is 4.58. The maximum atomic E-state index is 12.8. The van der Waals surface area contributed by atoms with Gasteiger partial charge in [0, 0.05) is 25.6 Å². The highest BCUT2D eigenvalue weighted by Crippen LogP contribution is 2.38. The molecular formula is C24H37N3O5. The summed E-state index contributed by atoms with van der Waals surface area (Å²) >= 11 is 0. The molecule has 2 fully saturated rings. The Bertz CT molecular complexity index is 744. The monoisotopic (exact) mass is 447 g/mol. The fraction of sp³-hybridized carbons (Fsp3) is 0.667. The number of amides is 2. The molecule has 0 bridgehead atoms. The molecular weight excluding hydrogens is 410 g/mol. The van der Waals surface area contributed by atoms with Crippen LogP contribution in [0.5, 0.6) is 17.2 Å². The van der Waals surface area contributed by atoms with Crippen molar-refractivity contribution in [3.8, 4) is 17.2 Å². The lowest BCUT2D eigenvalue weighted by atomic mass is 9.95. The first-order chi connectivity index (χ1) is 15.5. The molecule has 178 valence electrons. The van der Waals surface area contributed by atoms with Gasteiger partial charge in [-0.2, -0.15) is 0 Å². The number of methoxy groups -OCH3 is 3. The largest absolute Gasteiger partial charge is 0.493 e. The molecule has 0 aliphatic carbocycles. The standard InChI is InChI=1S/C24H37N3O5/c1-30-20-14-18(15-21(31-2)23(20)32-3)16-25-22(28)17-26-12-8-19(9-13-26)24(29)27-10-6-4-5-7-11-27/h14-15,19H,4-13,16-17H2,1-3H3,(H,25,28). The number of hydrogen-bond acceptors (Lipinski definition) is 6. The van der Waals surface area contributed by atoms with Crippen molar-refractivity contribution in [2.75, 3.05) is 54.1 Å². The van der Waals surface area contributed by atoms with Crippen molar-refractivity contribution < 1.29 is 23.8 Å². The van der Waals surface area contributed by atoms with Crippen LogP contribution in [-0.4, -0.2) is 75.7 Å². The molecule has 0 unspecified atom stereocenters. The molecule has 1 N–H and O–H groups in total. The molecule has 1 aromatic rings. The van der Waals surface area contributed by atoms with Crippen molar-refractivity contribution >= 4 is 11.8 Å². The zero-order valence-corrected chi connectivity index (χ0v) is 19.7. The van der Waals surface area contributed by atoms with Gasteiger partial charge in [-0.25, -0.2) is 0 Å². The minimum atomic E-state index is -0.0314. The Morgan fingerprint density at radius 3 is 2.03 bits per heavy atom. The topological polar surface area (TPSA) is 80.3 Å². The van der Waals surface area contributed by atoms with Crippen LogP contribution in [0.2, 0.25) is 0 Å². The first-order valence-corrected chi connectivity index (χ1v) is 11.6. The first kappa shape index (κ1) is 24.2. The highest BCUT2D eigenvalue weighted by atomic mass is 16.5. The number of hydrogen-bond donors (Lipinski definition) is 1. The molecule has 2 saturated heterocycles. The minimum Gasteiger partial charge on any atom is -0.493 e. The van der Waals surface area contributed by atoms with Crippen molar-refractivity contribution in [2.24, 2.45) is 5.92 Å². The molecule has 2 amide bonds. The van der Waals surface area contributed by atoms with Gasteiger partial charge in [-0.15, -0.1) is 0 Å². The third-order valence-electron chi connectivity index (χ3n) is 6.44. The van der Waals surface area contributed by atoms with Crippen LogP contribution in [0.4, 0.5) is 0 Å². The van der Waals surface area contributed by atoms with Crippen molar-refractivity contribution in [3.63, 3.8) is 0 Å². The number of nitrogens with one attached hydrogen (secondary N) is 1. The molecule has 2 heterocycles. The Morgan fingerprint density at radius 2 is 1.50 bits per heavy atom. The molecule has 2 aliphatic heterocycles. The third-order valence-corrected chi connectivity index (χ3v) is 6.44. The average molecular weight is 448 g/mol. The van der Waals surface area contributed by atoms with Gasteiger partial charge in [0.15, 0.2) is 11.5 Å². The van der Waals surface area contributed by atoms with Crippen LogP contribution in [-0.2, 0) is 16.1 Å². The molecule has 0 saturated carbocycles. The zero-order chi connectivity index (χ0) is 22.9. The summed E-state index contributed by atoms with van der Waals surface area (Å²) in [5.41, 5.74) is 0.870. The highest BCUT2D eigenvalue weighted by molar-refractivity contribution is 5.79. The van der Waals surface area contributed by atoms with Crippen molar-refractivity contribution in [3.05, 3.63) is 17.7 Å². The van der Waals surface area contributed by atoms with Crippen molar-refractivity contribution in [2.45, 2.75) is 45.1 Å². The van der Waals surface area contributed by atoms with Gasteiger partial charge in [-0.05, 0) is 56.5 Å². The van der Waals surface area contributed by atoms with Gasteiger partial charge in [-0.1, -0.05) is 12.8 Å². The predicted molar refractivity (Wildman–Crippen MR) is 122 cm³/mol. The maximum Gasteiger partial charge on any atom is 0.234 e. The number of carbonyl (C=O) groups excluding carboxylic acids is 2. The minimum absolute atomic E-state index is 0.0314. The molecule has 1 aromatic carbocycles. The number of benzene rings is 1. The van der Waals surface area contributed by atoms with Gasteiger partial charge in [0.05, 0.1) is 27.9 Å². The molecule has 0 atom stereocenters. The Kier molecular flexibility index (Phi) is 9.02. The van der Waals surface area contributed by atoms with Crippen LogP contribution in [0.3, 0.4) is 0 Å². The number of piperidine rings is 1. The quantitative estimate of drug-likeness (QED) is 0.659. The highest BCUT2D eigenvalue weighted by Gasteiger charge is 2.29. The van der Waals surface area contributed by atoms with E-state index in [0.717, 1.165) is 57.4 Å². The van der Waals surface area contributed by atoms with Crippen molar-refractivity contribution in [1.29, 1.82) is 0 Å². The van der Waals surface area contributed by atoms with Gasteiger partial charge in [-0.3, -0.25) is 14.5 Å². The molecule has 0 spiro atoms. The van der Waals surface area contributed by atoms with Crippen LogP contribution in [0.15, 0.2) is 12.1 Å². The van der Waals surface area contributed by atoms with Gasteiger partial charge < -0.3 is 24.4 Å². The van der Waals surface area contributed by atoms with Crippen LogP contribution < -0.4 is 19.5 Å². The van der Waals surface area contributed by atoms with Gasteiger partial charge in [0.1, 0.15) is 0 Å². The SMILES string of the molecule is COc1cc(CNC(=O)CN2CCC(C(=O)N3CCCCCC3)CC2)cc(OC)c1OC. The van der Waals surface area contributed by atoms with Crippen LogP contribution in [0.1, 0.15) is 44.1 Å². The van der Waals surface area contributed by atoms with E-state index in [9.17, 15) is 9.59 Å². The maximum absolute atomic E-state index is 12.8. The lowest BCUT2D eigenvalue weighted by molar-refractivity contribution is -0.137. The lowest BCUT2D eigenvalue weighted by Crippen LogP contribution is -2.45. The lowest BCUT2D eigenvalue weighted by Gasteiger charge is -2.33. The summed E-state index contributed by atoms with van der Waals surface area (Å²) in [7, 11) is 4.70. The molecule has 32 heavy (non-hydrogen) atoms. The van der Waals surface area contributed by atoms with E-state index in [2.05, 4.69) is 15.1 Å². The van der Waals surface area contributed by atoms with Crippen LogP contribution in [0, 0.1) is 5.92 Å². The van der Waals surface area contributed by atoms with E-state index < -0.39 is 0 Å². The molecule has 0 radical (unpaired) electrons. The van der Waals surface area contributed by atoms with Crippen LogP contribution in [0.25, 0.3) is 0 Å². The number of rotatable bonds is 8. The number of ether oxygens (including phenoxy) is 3. The smallest absolute Gasteiger partial charge is 0.234 e. The summed E-state index contributed by atoms with van der Waals surface area (Å²) < 4.78 is 16.1. The summed E-state index contributed by atoms with van der Waals surface area (Å²) in [6.45, 7) is 4.09. The fourth-order valence-electron chi connectivity index (χ4n) is 4.58. The van der Waals surface area contributed by atoms with E-state index in [0.29, 0.717) is 36.2 Å². The molecule has 2 aliphatic rings. The second kappa shape index (κ2) is 11.9. The van der Waals surface area contributed by atoms with E-state index >= 15 is 0 Å². The second-order valence-corrected chi connectivity index (χ2v) is 8.60. The van der Waals surface area contributed by atoms with E-state index in [1.807, 2.05) is 12.1 Å². The molecule has 8 nitrogen and oxygen atoms in total. The summed E-state index contributed by atoms with van der Waals surface area (Å²) in [4.78, 5) is 29.5. The predicted octanol–water partition coefficient (Wildman–Crippen LogP) is 2.44. The van der Waals surface area contributed by atoms with E-state index in [1.165, 1.54) is 12.8 Å². The van der Waals surface area contributed by atoms with E-state index in [-0.39, 0.29) is 11.8 Å². The normalized spacial score (nSPS) is 18.0. The Balaban J connectivity index is 1.45. The van der Waals surface area contributed by atoms with Crippen LogP contribution >= 0.6 is 0 Å². The number of carbonyl (C=O) groups is 2. The molecule has 8 heteroatoms. The second-order valence-electron chi connectivity index (χ2n) is 8.60. The Labute approximate surface area is 191 Å². The summed E-state index contributed by atoms with van der Waals surface area (Å²) in [6, 6.07) is 3.67. The third kappa shape index (κ3) is 6.28. The van der Waals surface area contributed by atoms with E-state index in [1.54, 1.807) is 21.3 Å². The van der Waals surface area contributed by atoms with Gasteiger partial charge in [0.25, 0.3) is 0 Å². The summed E-state index contributed by atoms with van der Waals surface area (Å²) in [5, 5.41) is 2.97. The molecule has 3 rings (SSSR count). The summed E-state index contributed by atoms with van der Waals surface area (Å²) in [6.07, 6.45) is 6.36. The van der Waals surface area contributed by atoms with Gasteiger partial charge >= 0.3 is 0 Å². The van der Waals surface area contributed by atoms with E-state index in [4.69, 9.17) is 14.2 Å². The van der Waals surface area contributed by atoms with Gasteiger partial charge in [0.2, 0.25) is 17.6 Å².